The van der Waals surface area contributed by atoms with Crippen LogP contribution < -0.4 is 0 Å². The Kier molecular flexibility index (Phi) is 6.23. The molecule has 2 aromatic rings. The third-order valence-electron chi connectivity index (χ3n) is 3.18. The van der Waals surface area contributed by atoms with Gasteiger partial charge >= 0.3 is 30.8 Å². The van der Waals surface area contributed by atoms with Crippen molar-refractivity contribution in [2.45, 2.75) is 11.8 Å². The van der Waals surface area contributed by atoms with E-state index in [2.05, 4.69) is 0 Å². The van der Waals surface area contributed by atoms with Gasteiger partial charge in [-0.25, -0.2) is 0 Å². The molecule has 2 unspecified atom stereocenters. The summed E-state index contributed by atoms with van der Waals surface area (Å²) in [5, 5.41) is 18.9. The van der Waals surface area contributed by atoms with E-state index in [9.17, 15) is 19.8 Å². The molecule has 0 fully saturated rings. The molecule has 0 saturated heterocycles. The van der Waals surface area contributed by atoms with Crippen LogP contribution in [0.5, 0.6) is 0 Å². The Balaban J connectivity index is 0.00000220. The van der Waals surface area contributed by atoms with Crippen molar-refractivity contribution in [3.05, 3.63) is 71.8 Å². The molecular weight excluding hydrogens is 263 g/mol. The first-order valence-corrected chi connectivity index (χ1v) is 6.16. The van der Waals surface area contributed by atoms with Gasteiger partial charge in [0, 0.05) is 0 Å². The quantitative estimate of drug-likeness (QED) is 0.821. The van der Waals surface area contributed by atoms with Gasteiger partial charge in [-0.05, 0) is 11.1 Å². The number of rotatable bonds is 5. The Morgan fingerprint density at radius 2 is 0.952 bits per heavy atom. The molecule has 0 bridgehead atoms. The van der Waals surface area contributed by atoms with Crippen LogP contribution in [0, 0.1) is 0 Å². The molecule has 4 nitrogen and oxygen atoms in total. The van der Waals surface area contributed by atoms with Gasteiger partial charge < -0.3 is 10.2 Å². The fourth-order valence-corrected chi connectivity index (χ4v) is 2.28. The summed E-state index contributed by atoms with van der Waals surface area (Å²) < 4.78 is 0. The average Bonchev–Trinajstić information content (AvgIpc) is 2.45. The SMILES string of the molecule is O=C(O)C(c1ccccc1)C(C(=O)O)c1ccccc1.[LiH]. The van der Waals surface area contributed by atoms with Crippen molar-refractivity contribution in [3.8, 4) is 0 Å². The van der Waals surface area contributed by atoms with Crippen LogP contribution in [0.1, 0.15) is 23.0 Å². The van der Waals surface area contributed by atoms with E-state index in [-0.39, 0.29) is 18.9 Å². The fraction of sp³-hybridized carbons (Fsp3) is 0.125. The molecule has 0 saturated carbocycles. The van der Waals surface area contributed by atoms with Crippen LogP contribution in [0.2, 0.25) is 0 Å². The molecule has 0 aliphatic rings. The normalized spacial score (nSPS) is 12.8. The second kappa shape index (κ2) is 7.68. The minimum atomic E-state index is -1.15. The number of benzene rings is 2. The van der Waals surface area contributed by atoms with Crippen molar-refractivity contribution in [1.29, 1.82) is 0 Å². The molecule has 21 heavy (non-hydrogen) atoms. The van der Waals surface area contributed by atoms with Crippen LogP contribution in [0.15, 0.2) is 60.7 Å². The Bertz CT molecular complexity index is 543. The van der Waals surface area contributed by atoms with Gasteiger partial charge in [0.15, 0.2) is 0 Å². The van der Waals surface area contributed by atoms with Gasteiger partial charge in [0.25, 0.3) is 0 Å². The van der Waals surface area contributed by atoms with Crippen LogP contribution >= 0.6 is 0 Å². The fourth-order valence-electron chi connectivity index (χ4n) is 2.28. The van der Waals surface area contributed by atoms with Gasteiger partial charge in [-0.15, -0.1) is 0 Å². The first-order valence-electron chi connectivity index (χ1n) is 6.16. The van der Waals surface area contributed by atoms with Crippen LogP contribution in [-0.2, 0) is 9.59 Å². The summed E-state index contributed by atoms with van der Waals surface area (Å²) in [5.74, 6) is -4.52. The number of carboxylic acid groups (broad SMARTS) is 2. The third kappa shape index (κ3) is 3.98. The number of carboxylic acids is 2. The molecule has 0 aromatic heterocycles. The van der Waals surface area contributed by atoms with E-state index in [1.54, 1.807) is 60.7 Å². The Labute approximate surface area is 134 Å². The summed E-state index contributed by atoms with van der Waals surface area (Å²) in [4.78, 5) is 23.1. The molecule has 2 aromatic carbocycles. The molecule has 0 aliphatic carbocycles. The number of hydrogen-bond acceptors (Lipinski definition) is 2. The van der Waals surface area contributed by atoms with Crippen molar-refractivity contribution in [2.75, 3.05) is 0 Å². The van der Waals surface area contributed by atoms with Gasteiger partial charge in [-0.3, -0.25) is 9.59 Å². The molecule has 0 spiro atoms. The zero-order valence-corrected chi connectivity index (χ0v) is 10.6. The van der Waals surface area contributed by atoms with Crippen LogP contribution in [0.4, 0.5) is 0 Å². The molecule has 104 valence electrons. The zero-order valence-electron chi connectivity index (χ0n) is 10.6. The van der Waals surface area contributed by atoms with E-state index in [1.165, 1.54) is 0 Å². The van der Waals surface area contributed by atoms with Gasteiger partial charge in [0.05, 0.1) is 11.8 Å². The minimum absolute atomic E-state index is 0. The standard InChI is InChI=1S/C16H14O4.Li.H/c17-15(18)13(11-7-3-1-4-8-11)14(16(19)20)12-9-5-2-6-10-12;;/h1-10,13-14H,(H,17,18)(H,19,20);;. The second-order valence-electron chi connectivity index (χ2n) is 4.45. The van der Waals surface area contributed by atoms with Crippen molar-refractivity contribution < 1.29 is 19.8 Å². The molecule has 0 aliphatic heterocycles. The van der Waals surface area contributed by atoms with Crippen molar-refractivity contribution >= 4 is 30.8 Å². The molecule has 0 radical (unpaired) electrons. The predicted octanol–water partition coefficient (Wildman–Crippen LogP) is 2.07. The maximum absolute atomic E-state index is 11.6. The van der Waals surface area contributed by atoms with Crippen molar-refractivity contribution in [2.24, 2.45) is 0 Å². The predicted molar refractivity (Wildman–Crippen MR) is 80.8 cm³/mol. The average molecular weight is 278 g/mol. The van der Waals surface area contributed by atoms with E-state index in [0.29, 0.717) is 11.1 Å². The summed E-state index contributed by atoms with van der Waals surface area (Å²) in [6.45, 7) is 0. The Morgan fingerprint density at radius 1 is 0.667 bits per heavy atom. The molecule has 0 amide bonds. The number of carbonyl (C=O) groups is 2. The molecule has 0 heterocycles. The van der Waals surface area contributed by atoms with Crippen LogP contribution in [-0.4, -0.2) is 41.0 Å². The molecule has 5 heteroatoms. The molecule has 2 N–H and O–H groups in total. The van der Waals surface area contributed by atoms with E-state index < -0.39 is 23.8 Å². The number of aliphatic carboxylic acids is 2. The van der Waals surface area contributed by atoms with E-state index in [1.807, 2.05) is 0 Å². The first kappa shape index (κ1) is 17.0. The second-order valence-corrected chi connectivity index (χ2v) is 4.45. The van der Waals surface area contributed by atoms with Crippen molar-refractivity contribution in [3.63, 3.8) is 0 Å². The first-order chi connectivity index (χ1) is 9.61. The van der Waals surface area contributed by atoms with E-state index in [4.69, 9.17) is 0 Å². The monoisotopic (exact) mass is 278 g/mol. The summed E-state index contributed by atoms with van der Waals surface area (Å²) in [6, 6.07) is 16.9. The molecule has 2 atom stereocenters. The van der Waals surface area contributed by atoms with Gasteiger partial charge in [0.2, 0.25) is 0 Å². The summed E-state index contributed by atoms with van der Waals surface area (Å²) in [7, 11) is 0. The molecule has 2 rings (SSSR count). The third-order valence-corrected chi connectivity index (χ3v) is 3.18. The topological polar surface area (TPSA) is 74.6 Å². The Hall–Kier alpha value is -2.02. The van der Waals surface area contributed by atoms with Crippen LogP contribution in [0.25, 0.3) is 0 Å². The van der Waals surface area contributed by atoms with Gasteiger partial charge in [0.1, 0.15) is 0 Å². The number of hydrogen-bond donors (Lipinski definition) is 2. The van der Waals surface area contributed by atoms with E-state index in [0.717, 1.165) is 0 Å². The van der Waals surface area contributed by atoms with Gasteiger partial charge in [-0.1, -0.05) is 60.7 Å². The van der Waals surface area contributed by atoms with Gasteiger partial charge in [-0.2, -0.15) is 0 Å². The van der Waals surface area contributed by atoms with Crippen LogP contribution in [0.3, 0.4) is 0 Å². The van der Waals surface area contributed by atoms with Crippen molar-refractivity contribution in [1.82, 2.24) is 0 Å². The molecular formula is C16H15LiO4. The summed E-state index contributed by atoms with van der Waals surface area (Å²) >= 11 is 0. The zero-order chi connectivity index (χ0) is 14.5. The Morgan fingerprint density at radius 3 is 1.19 bits per heavy atom. The van der Waals surface area contributed by atoms with E-state index >= 15 is 0 Å². The summed E-state index contributed by atoms with van der Waals surface area (Å²) in [6.07, 6.45) is 0. The summed E-state index contributed by atoms with van der Waals surface area (Å²) in [5.41, 5.74) is 0.965. The maximum atomic E-state index is 11.6.